The summed E-state index contributed by atoms with van der Waals surface area (Å²) in [5.41, 5.74) is 0. The lowest BCUT2D eigenvalue weighted by atomic mass is 10.3. The van der Waals surface area contributed by atoms with Crippen molar-refractivity contribution in [3.63, 3.8) is 0 Å². The number of halogens is 1. The van der Waals surface area contributed by atoms with Gasteiger partial charge >= 0.3 is 0 Å². The van der Waals surface area contributed by atoms with Crippen molar-refractivity contribution in [3.05, 3.63) is 17.1 Å². The Morgan fingerprint density at radius 2 is 2.38 bits per heavy atom. The molecular weight excluding hydrogens is 256 g/mol. The predicted molar refractivity (Wildman–Crippen MR) is 52.2 cm³/mol. The maximum atomic E-state index is 11.2. The Bertz CT molecular complexity index is 412. The molecule has 0 N–H and O–H groups in total. The van der Waals surface area contributed by atoms with Gasteiger partial charge in [0.25, 0.3) is 0 Å². The van der Waals surface area contributed by atoms with Crippen molar-refractivity contribution in [3.8, 4) is 0 Å². The molecule has 1 aliphatic rings. The molecule has 2 rings (SSSR count). The zero-order valence-electron chi connectivity index (χ0n) is 6.85. The van der Waals surface area contributed by atoms with E-state index >= 15 is 0 Å². The molecule has 0 aliphatic carbocycles. The molecule has 13 heavy (non-hydrogen) atoms. The van der Waals surface area contributed by atoms with Gasteiger partial charge in [0.05, 0.1) is 17.5 Å². The van der Waals surface area contributed by atoms with E-state index < -0.39 is 9.84 Å². The number of nitrogens with zero attached hydrogens (tertiary/aromatic N) is 2. The third-order valence-electron chi connectivity index (χ3n) is 2.22. The van der Waals surface area contributed by atoms with Crippen molar-refractivity contribution in [2.45, 2.75) is 12.5 Å². The lowest BCUT2D eigenvalue weighted by Gasteiger charge is -2.09. The van der Waals surface area contributed by atoms with Crippen LogP contribution in [0.3, 0.4) is 0 Å². The lowest BCUT2D eigenvalue weighted by molar-refractivity contribution is 0.545. The number of sulfone groups is 1. The molecule has 0 aromatic carbocycles. The summed E-state index contributed by atoms with van der Waals surface area (Å²) in [6.07, 6.45) is 4.15. The molecule has 72 valence electrons. The summed E-state index contributed by atoms with van der Waals surface area (Å²) in [6, 6.07) is 0.0573. The molecule has 0 bridgehead atoms. The summed E-state index contributed by atoms with van der Waals surface area (Å²) >= 11 is 3.27. The smallest absolute Gasteiger partial charge is 0.177 e. The third kappa shape index (κ3) is 1.78. The van der Waals surface area contributed by atoms with Gasteiger partial charge in [0.2, 0.25) is 0 Å². The molecule has 1 fully saturated rings. The fourth-order valence-electron chi connectivity index (χ4n) is 1.56. The first-order chi connectivity index (χ1) is 6.08. The van der Waals surface area contributed by atoms with Gasteiger partial charge in [-0.25, -0.2) is 13.4 Å². The molecule has 6 heteroatoms. The van der Waals surface area contributed by atoms with Crippen LogP contribution in [0.2, 0.25) is 0 Å². The van der Waals surface area contributed by atoms with Gasteiger partial charge in [0, 0.05) is 12.4 Å². The summed E-state index contributed by atoms with van der Waals surface area (Å²) in [6.45, 7) is 0. The Morgan fingerprint density at radius 3 is 2.85 bits per heavy atom. The molecule has 0 saturated carbocycles. The molecule has 1 saturated heterocycles. The Kier molecular flexibility index (Phi) is 2.19. The second-order valence-electron chi connectivity index (χ2n) is 3.16. The quantitative estimate of drug-likeness (QED) is 0.761. The van der Waals surface area contributed by atoms with Crippen LogP contribution in [0.25, 0.3) is 0 Å². The zero-order valence-corrected chi connectivity index (χ0v) is 9.25. The van der Waals surface area contributed by atoms with Gasteiger partial charge in [0.1, 0.15) is 0 Å². The van der Waals surface area contributed by atoms with Crippen LogP contribution in [-0.2, 0) is 9.84 Å². The molecule has 1 aromatic heterocycles. The normalized spacial score (nSPS) is 26.4. The first-order valence-corrected chi connectivity index (χ1v) is 6.59. The molecule has 1 aliphatic heterocycles. The minimum absolute atomic E-state index is 0.0573. The highest BCUT2D eigenvalue weighted by molar-refractivity contribution is 9.10. The van der Waals surface area contributed by atoms with Crippen LogP contribution in [0.15, 0.2) is 17.1 Å². The summed E-state index contributed by atoms with van der Waals surface area (Å²) in [5.74, 6) is 0.532. The standard InChI is InChI=1S/C7H9BrN2O2S/c8-7-9-2-3-10(7)6-1-4-13(11,12)5-6/h2-3,6H,1,4-5H2. The van der Waals surface area contributed by atoms with Crippen molar-refractivity contribution in [2.75, 3.05) is 11.5 Å². The van der Waals surface area contributed by atoms with E-state index in [9.17, 15) is 8.42 Å². The summed E-state index contributed by atoms with van der Waals surface area (Å²) in [4.78, 5) is 3.99. The predicted octanol–water partition coefficient (Wildman–Crippen LogP) is 1.01. The molecule has 0 spiro atoms. The van der Waals surface area contributed by atoms with E-state index in [2.05, 4.69) is 20.9 Å². The summed E-state index contributed by atoms with van der Waals surface area (Å²) in [5, 5.41) is 0. The van der Waals surface area contributed by atoms with Crippen LogP contribution >= 0.6 is 15.9 Å². The fraction of sp³-hybridized carbons (Fsp3) is 0.571. The van der Waals surface area contributed by atoms with Gasteiger partial charge in [-0.15, -0.1) is 0 Å². The first-order valence-electron chi connectivity index (χ1n) is 3.97. The molecule has 0 amide bonds. The van der Waals surface area contributed by atoms with Crippen LogP contribution in [0.1, 0.15) is 12.5 Å². The molecular formula is C7H9BrN2O2S. The average Bonchev–Trinajstić information content (AvgIpc) is 2.56. The van der Waals surface area contributed by atoms with Gasteiger partial charge in [-0.05, 0) is 22.4 Å². The van der Waals surface area contributed by atoms with E-state index in [1.165, 1.54) is 0 Å². The van der Waals surface area contributed by atoms with E-state index in [-0.39, 0.29) is 11.8 Å². The minimum Gasteiger partial charge on any atom is -0.322 e. The Labute approximate surface area is 85.0 Å². The topological polar surface area (TPSA) is 52.0 Å². The van der Waals surface area contributed by atoms with Gasteiger partial charge in [-0.2, -0.15) is 0 Å². The van der Waals surface area contributed by atoms with Crippen molar-refractivity contribution in [1.82, 2.24) is 9.55 Å². The van der Waals surface area contributed by atoms with E-state index in [0.717, 1.165) is 0 Å². The second-order valence-corrected chi connectivity index (χ2v) is 6.10. The van der Waals surface area contributed by atoms with Crippen molar-refractivity contribution >= 4 is 25.8 Å². The highest BCUT2D eigenvalue weighted by Crippen LogP contribution is 2.26. The highest BCUT2D eigenvalue weighted by atomic mass is 79.9. The number of aromatic nitrogens is 2. The second kappa shape index (κ2) is 3.09. The Morgan fingerprint density at radius 1 is 1.62 bits per heavy atom. The van der Waals surface area contributed by atoms with Gasteiger partial charge in [-0.1, -0.05) is 0 Å². The molecule has 1 aromatic rings. The van der Waals surface area contributed by atoms with Crippen molar-refractivity contribution in [2.24, 2.45) is 0 Å². The number of hydrogen-bond donors (Lipinski definition) is 0. The molecule has 0 radical (unpaired) electrons. The Balaban J connectivity index is 2.26. The SMILES string of the molecule is O=S1(=O)CCC(n2ccnc2Br)C1. The largest absolute Gasteiger partial charge is 0.322 e. The summed E-state index contributed by atoms with van der Waals surface area (Å²) in [7, 11) is -2.81. The van der Waals surface area contributed by atoms with Crippen molar-refractivity contribution in [1.29, 1.82) is 0 Å². The monoisotopic (exact) mass is 264 g/mol. The van der Waals surface area contributed by atoms with Gasteiger partial charge < -0.3 is 4.57 Å². The van der Waals surface area contributed by atoms with E-state index in [4.69, 9.17) is 0 Å². The van der Waals surface area contributed by atoms with Crippen LogP contribution in [0, 0.1) is 0 Å². The average molecular weight is 265 g/mol. The van der Waals surface area contributed by atoms with Gasteiger partial charge in [0.15, 0.2) is 14.6 Å². The number of imidazole rings is 1. The molecule has 4 nitrogen and oxygen atoms in total. The highest BCUT2D eigenvalue weighted by Gasteiger charge is 2.29. The summed E-state index contributed by atoms with van der Waals surface area (Å²) < 4.78 is 25.0. The fourth-order valence-corrected chi connectivity index (χ4v) is 3.80. The van der Waals surface area contributed by atoms with E-state index in [1.54, 1.807) is 12.4 Å². The van der Waals surface area contributed by atoms with Crippen LogP contribution < -0.4 is 0 Å². The van der Waals surface area contributed by atoms with Gasteiger partial charge in [-0.3, -0.25) is 0 Å². The maximum absolute atomic E-state index is 11.2. The van der Waals surface area contributed by atoms with E-state index in [1.807, 2.05) is 4.57 Å². The van der Waals surface area contributed by atoms with Crippen LogP contribution in [-0.4, -0.2) is 29.5 Å². The Hall–Kier alpha value is -0.360. The van der Waals surface area contributed by atoms with E-state index in [0.29, 0.717) is 16.9 Å². The minimum atomic E-state index is -2.81. The molecule has 1 atom stereocenters. The maximum Gasteiger partial charge on any atom is 0.177 e. The number of rotatable bonds is 1. The van der Waals surface area contributed by atoms with Crippen molar-refractivity contribution < 1.29 is 8.42 Å². The molecule has 1 unspecified atom stereocenters. The first kappa shape index (κ1) is 9.21. The van der Waals surface area contributed by atoms with Crippen LogP contribution in [0.5, 0.6) is 0 Å². The zero-order chi connectivity index (χ0) is 9.47. The lowest BCUT2D eigenvalue weighted by Crippen LogP contribution is -2.10. The van der Waals surface area contributed by atoms with Crippen LogP contribution in [0.4, 0.5) is 0 Å². The third-order valence-corrected chi connectivity index (χ3v) is 4.59. The number of hydrogen-bond acceptors (Lipinski definition) is 3. The molecule has 2 heterocycles.